The molecular formula is C21H17FN2O6. The third kappa shape index (κ3) is 3.34. The number of carbonyl (C=O) groups is 2. The van der Waals surface area contributed by atoms with E-state index in [0.717, 1.165) is 6.07 Å². The maximum absolute atomic E-state index is 14.6. The van der Waals surface area contributed by atoms with Crippen LogP contribution in [0.15, 0.2) is 42.6 Å². The molecule has 1 saturated carbocycles. The summed E-state index contributed by atoms with van der Waals surface area (Å²) in [5.41, 5.74) is -0.867. The summed E-state index contributed by atoms with van der Waals surface area (Å²) in [5.74, 6) is -2.30. The number of pyridine rings is 1. The number of aliphatic carboxylic acids is 1. The molecule has 3 N–H and O–H groups in total. The molecule has 0 spiro atoms. The average Bonchev–Trinajstić information content (AvgIpc) is 3.52. The average molecular weight is 412 g/mol. The number of hydrogen-bond acceptors (Lipinski definition) is 6. The van der Waals surface area contributed by atoms with E-state index in [0.29, 0.717) is 10.9 Å². The molecule has 1 heterocycles. The van der Waals surface area contributed by atoms with E-state index >= 15 is 0 Å². The number of phenolic OH excluding ortho intramolecular Hbond substituents is 1. The molecule has 30 heavy (non-hydrogen) atoms. The number of carboxylic acids is 1. The van der Waals surface area contributed by atoms with Gasteiger partial charge in [-0.25, -0.2) is 4.39 Å². The highest BCUT2D eigenvalue weighted by Crippen LogP contribution is 2.47. The molecule has 3 aromatic rings. The molecule has 0 atom stereocenters. The number of anilines is 1. The first-order chi connectivity index (χ1) is 14.3. The van der Waals surface area contributed by atoms with Crippen LogP contribution in [0.4, 0.5) is 10.1 Å². The van der Waals surface area contributed by atoms with Crippen molar-refractivity contribution in [2.45, 2.75) is 12.8 Å². The van der Waals surface area contributed by atoms with Gasteiger partial charge in [-0.15, -0.1) is 0 Å². The topological polar surface area (TPSA) is 118 Å². The molecule has 0 bridgehead atoms. The van der Waals surface area contributed by atoms with E-state index in [1.807, 2.05) is 0 Å². The highest BCUT2D eigenvalue weighted by molar-refractivity contribution is 6.10. The zero-order chi connectivity index (χ0) is 21.5. The molecule has 1 aliphatic rings. The molecule has 4 rings (SSSR count). The second-order valence-electron chi connectivity index (χ2n) is 6.94. The molecule has 0 unspecified atom stereocenters. The number of amides is 1. The molecule has 1 aromatic heterocycles. The lowest BCUT2D eigenvalue weighted by Crippen LogP contribution is -2.31. The molecule has 1 aliphatic carbocycles. The van der Waals surface area contributed by atoms with Crippen molar-refractivity contribution < 1.29 is 33.7 Å². The lowest BCUT2D eigenvalue weighted by Gasteiger charge is -2.13. The van der Waals surface area contributed by atoms with E-state index in [1.165, 1.54) is 43.6 Å². The number of phenols is 1. The van der Waals surface area contributed by atoms with Crippen LogP contribution < -0.4 is 14.8 Å². The normalized spacial score (nSPS) is 14.2. The van der Waals surface area contributed by atoms with Crippen LogP contribution in [-0.2, 0) is 9.59 Å². The second-order valence-corrected chi connectivity index (χ2v) is 6.94. The molecule has 9 heteroatoms. The Balaban J connectivity index is 1.59. The lowest BCUT2D eigenvalue weighted by atomic mass is 10.1. The number of nitrogens with zero attached hydrogens (tertiary/aromatic N) is 1. The Morgan fingerprint density at radius 3 is 2.53 bits per heavy atom. The van der Waals surface area contributed by atoms with Crippen molar-refractivity contribution in [2.24, 2.45) is 5.41 Å². The first-order valence-electron chi connectivity index (χ1n) is 9.02. The zero-order valence-electron chi connectivity index (χ0n) is 15.8. The van der Waals surface area contributed by atoms with Crippen molar-refractivity contribution in [3.8, 4) is 23.0 Å². The molecule has 154 valence electrons. The number of benzene rings is 2. The van der Waals surface area contributed by atoms with Crippen molar-refractivity contribution in [1.82, 2.24) is 4.98 Å². The lowest BCUT2D eigenvalue weighted by molar-refractivity contribution is -0.147. The molecule has 0 aliphatic heterocycles. The summed E-state index contributed by atoms with van der Waals surface area (Å²) in [6.45, 7) is 0. The van der Waals surface area contributed by atoms with E-state index in [-0.39, 0.29) is 41.5 Å². The number of carbonyl (C=O) groups excluding carboxylic acids is 1. The van der Waals surface area contributed by atoms with E-state index in [2.05, 4.69) is 10.3 Å². The molecular weight excluding hydrogens is 395 g/mol. The Hall–Kier alpha value is -3.88. The fourth-order valence-electron chi connectivity index (χ4n) is 3.08. The van der Waals surface area contributed by atoms with Crippen molar-refractivity contribution in [3.63, 3.8) is 0 Å². The van der Waals surface area contributed by atoms with Crippen LogP contribution in [0.1, 0.15) is 12.8 Å². The minimum Gasteiger partial charge on any atom is -0.504 e. The van der Waals surface area contributed by atoms with Gasteiger partial charge in [-0.05, 0) is 37.1 Å². The number of nitrogens with one attached hydrogen (secondary N) is 1. The Bertz CT molecular complexity index is 1180. The van der Waals surface area contributed by atoms with Crippen LogP contribution in [0.5, 0.6) is 23.0 Å². The Morgan fingerprint density at radius 2 is 1.90 bits per heavy atom. The van der Waals surface area contributed by atoms with Gasteiger partial charge < -0.3 is 25.0 Å². The predicted octanol–water partition coefficient (Wildman–Crippen LogP) is 3.68. The van der Waals surface area contributed by atoms with Crippen LogP contribution in [0.2, 0.25) is 0 Å². The highest BCUT2D eigenvalue weighted by atomic mass is 19.1. The molecule has 1 amide bonds. The first kappa shape index (κ1) is 19.4. The first-order valence-corrected chi connectivity index (χ1v) is 9.02. The SMILES string of the molecule is COc1cc2c(Oc3ccc(NC(=O)C4(C(=O)O)CC4)cc3F)ccnc2cc1O. The predicted molar refractivity (Wildman–Crippen MR) is 104 cm³/mol. The van der Waals surface area contributed by atoms with E-state index in [9.17, 15) is 24.2 Å². The van der Waals surface area contributed by atoms with Gasteiger partial charge in [-0.3, -0.25) is 14.6 Å². The third-order valence-corrected chi connectivity index (χ3v) is 5.01. The number of methoxy groups -OCH3 is 1. The van der Waals surface area contributed by atoms with Gasteiger partial charge >= 0.3 is 5.97 Å². The number of fused-ring (bicyclic) bond motifs is 1. The second kappa shape index (κ2) is 7.18. The monoisotopic (exact) mass is 412 g/mol. The summed E-state index contributed by atoms with van der Waals surface area (Å²) >= 11 is 0. The molecule has 0 radical (unpaired) electrons. The van der Waals surface area contributed by atoms with Gasteiger partial charge in [0, 0.05) is 29.4 Å². The summed E-state index contributed by atoms with van der Waals surface area (Å²) in [6, 6.07) is 8.28. The Kier molecular flexibility index (Phi) is 4.65. The summed E-state index contributed by atoms with van der Waals surface area (Å²) in [4.78, 5) is 27.6. The number of carboxylic acid groups (broad SMARTS) is 1. The fraction of sp³-hybridized carbons (Fsp3) is 0.190. The molecule has 0 saturated heterocycles. The van der Waals surface area contributed by atoms with E-state index in [4.69, 9.17) is 9.47 Å². The number of halogens is 1. The van der Waals surface area contributed by atoms with Crippen LogP contribution in [0.3, 0.4) is 0 Å². The van der Waals surface area contributed by atoms with Crippen LogP contribution in [0.25, 0.3) is 10.9 Å². The van der Waals surface area contributed by atoms with E-state index < -0.39 is 23.1 Å². The highest BCUT2D eigenvalue weighted by Gasteiger charge is 2.57. The van der Waals surface area contributed by atoms with Gasteiger partial charge in [0.25, 0.3) is 0 Å². The van der Waals surface area contributed by atoms with Crippen LogP contribution >= 0.6 is 0 Å². The summed E-state index contributed by atoms with van der Waals surface area (Å²) in [5, 5.41) is 22.0. The number of hydrogen-bond donors (Lipinski definition) is 3. The maximum atomic E-state index is 14.6. The number of aromatic nitrogens is 1. The Labute approximate surface area is 169 Å². The summed E-state index contributed by atoms with van der Waals surface area (Å²) in [6.07, 6.45) is 1.97. The molecule has 8 nitrogen and oxygen atoms in total. The Morgan fingerprint density at radius 1 is 1.13 bits per heavy atom. The quantitative estimate of drug-likeness (QED) is 0.529. The fourth-order valence-corrected chi connectivity index (χ4v) is 3.08. The van der Waals surface area contributed by atoms with Crippen LogP contribution in [-0.4, -0.2) is 34.2 Å². The van der Waals surface area contributed by atoms with Crippen molar-refractivity contribution in [3.05, 3.63) is 48.4 Å². The smallest absolute Gasteiger partial charge is 0.319 e. The van der Waals surface area contributed by atoms with Gasteiger partial charge in [0.1, 0.15) is 11.2 Å². The third-order valence-electron chi connectivity index (χ3n) is 5.01. The van der Waals surface area contributed by atoms with Crippen molar-refractivity contribution in [2.75, 3.05) is 12.4 Å². The van der Waals surface area contributed by atoms with Gasteiger partial charge in [0.05, 0.1) is 12.6 Å². The van der Waals surface area contributed by atoms with Gasteiger partial charge in [-0.1, -0.05) is 0 Å². The number of rotatable bonds is 6. The zero-order valence-corrected chi connectivity index (χ0v) is 15.8. The summed E-state index contributed by atoms with van der Waals surface area (Å²) in [7, 11) is 1.40. The standard InChI is InChI=1S/C21H17FN2O6/c1-29-18-9-12-14(10-15(18)25)23-7-4-16(12)30-17-3-2-11(8-13(17)22)24-19(26)21(5-6-21)20(27)28/h2-4,7-10,25H,5-6H2,1H3,(H,24,26)(H,27,28). The minimum atomic E-state index is -1.42. The largest absolute Gasteiger partial charge is 0.504 e. The van der Waals surface area contributed by atoms with Crippen molar-refractivity contribution >= 4 is 28.5 Å². The molecule has 2 aromatic carbocycles. The minimum absolute atomic E-state index is 0.0873. The molecule has 1 fully saturated rings. The number of aromatic hydroxyl groups is 1. The van der Waals surface area contributed by atoms with Crippen LogP contribution in [0, 0.1) is 11.2 Å². The van der Waals surface area contributed by atoms with E-state index in [1.54, 1.807) is 0 Å². The van der Waals surface area contributed by atoms with Crippen molar-refractivity contribution in [1.29, 1.82) is 0 Å². The van der Waals surface area contributed by atoms with Gasteiger partial charge in [0.2, 0.25) is 5.91 Å². The summed E-state index contributed by atoms with van der Waals surface area (Å²) < 4.78 is 25.4. The van der Waals surface area contributed by atoms with Gasteiger partial charge in [-0.2, -0.15) is 0 Å². The maximum Gasteiger partial charge on any atom is 0.319 e. The van der Waals surface area contributed by atoms with Gasteiger partial charge in [0.15, 0.2) is 23.1 Å². The number of ether oxygens (including phenoxy) is 2.